The lowest BCUT2D eigenvalue weighted by Gasteiger charge is -2.12. The highest BCUT2D eigenvalue weighted by Crippen LogP contribution is 2.34. The second kappa shape index (κ2) is 7.37. The Morgan fingerprint density at radius 2 is 1.89 bits per heavy atom. The third-order valence-electron chi connectivity index (χ3n) is 4.31. The summed E-state index contributed by atoms with van der Waals surface area (Å²) in [5.41, 5.74) is 4.07. The van der Waals surface area contributed by atoms with Crippen molar-refractivity contribution in [2.24, 2.45) is 0 Å². The molecule has 0 saturated carbocycles. The molecule has 1 aromatic heterocycles. The van der Waals surface area contributed by atoms with Crippen molar-refractivity contribution in [2.45, 2.75) is 13.3 Å². The van der Waals surface area contributed by atoms with Crippen LogP contribution in [0, 0.1) is 0 Å². The maximum absolute atomic E-state index is 12.6. The van der Waals surface area contributed by atoms with Crippen molar-refractivity contribution in [3.8, 4) is 11.5 Å². The number of hydrogen-bond donors (Lipinski definition) is 2. The van der Waals surface area contributed by atoms with Crippen molar-refractivity contribution in [2.75, 3.05) is 17.4 Å². The van der Waals surface area contributed by atoms with E-state index in [2.05, 4.69) is 28.6 Å². The zero-order valence-electron chi connectivity index (χ0n) is 14.9. The molecule has 3 aromatic rings. The van der Waals surface area contributed by atoms with Crippen LogP contribution in [0.4, 0.5) is 17.1 Å². The number of ether oxygens (including phenoxy) is 2. The molecule has 0 atom stereocenters. The summed E-state index contributed by atoms with van der Waals surface area (Å²) in [4.78, 5) is 16.8. The summed E-state index contributed by atoms with van der Waals surface area (Å²) in [5, 5.41) is 6.20. The molecule has 0 aliphatic carbocycles. The molecule has 0 spiro atoms. The van der Waals surface area contributed by atoms with E-state index in [9.17, 15) is 4.79 Å². The highest BCUT2D eigenvalue weighted by atomic mass is 16.7. The molecule has 2 heterocycles. The fourth-order valence-corrected chi connectivity index (χ4v) is 2.92. The zero-order chi connectivity index (χ0) is 18.6. The number of carbonyl (C=O) groups excluding carboxylic acids is 1. The SMILES string of the molecule is CCc1ccccc1Nc1cncc(C(=O)Nc2ccc3c(c2)OCO3)c1. The predicted molar refractivity (Wildman–Crippen MR) is 104 cm³/mol. The average molecular weight is 361 g/mol. The topological polar surface area (TPSA) is 72.5 Å². The van der Waals surface area contributed by atoms with Crippen LogP contribution >= 0.6 is 0 Å². The molecule has 0 radical (unpaired) electrons. The highest BCUT2D eigenvalue weighted by molar-refractivity contribution is 6.04. The van der Waals surface area contributed by atoms with E-state index in [-0.39, 0.29) is 12.7 Å². The van der Waals surface area contributed by atoms with E-state index < -0.39 is 0 Å². The number of nitrogens with one attached hydrogen (secondary N) is 2. The van der Waals surface area contributed by atoms with Gasteiger partial charge in [0.2, 0.25) is 6.79 Å². The van der Waals surface area contributed by atoms with Gasteiger partial charge in [-0.2, -0.15) is 0 Å². The maximum Gasteiger partial charge on any atom is 0.257 e. The molecule has 2 N–H and O–H groups in total. The fourth-order valence-electron chi connectivity index (χ4n) is 2.92. The standard InChI is InChI=1S/C21H19N3O3/c1-2-14-5-3-4-6-18(14)23-17-9-15(11-22-12-17)21(25)24-16-7-8-19-20(10-16)27-13-26-19/h3-12,23H,2,13H2,1H3,(H,24,25). The van der Waals surface area contributed by atoms with Gasteiger partial charge in [0.15, 0.2) is 11.5 Å². The molecule has 27 heavy (non-hydrogen) atoms. The number of amides is 1. The number of nitrogens with zero attached hydrogens (tertiary/aromatic N) is 1. The summed E-state index contributed by atoms with van der Waals surface area (Å²) in [7, 11) is 0. The van der Waals surface area contributed by atoms with Crippen LogP contribution < -0.4 is 20.1 Å². The largest absolute Gasteiger partial charge is 0.454 e. The Labute approximate surface area is 157 Å². The summed E-state index contributed by atoms with van der Waals surface area (Å²) in [6, 6.07) is 15.1. The predicted octanol–water partition coefficient (Wildman–Crippen LogP) is 4.37. The van der Waals surface area contributed by atoms with Gasteiger partial charge in [0.1, 0.15) is 0 Å². The lowest BCUT2D eigenvalue weighted by molar-refractivity contribution is 0.102. The molecule has 6 heteroatoms. The lowest BCUT2D eigenvalue weighted by Crippen LogP contribution is -2.12. The van der Waals surface area contributed by atoms with E-state index in [4.69, 9.17) is 9.47 Å². The first kappa shape index (κ1) is 16.9. The summed E-state index contributed by atoms with van der Waals surface area (Å²) in [6.07, 6.45) is 4.16. The number of carbonyl (C=O) groups is 1. The molecule has 0 fully saturated rings. The summed E-state index contributed by atoms with van der Waals surface area (Å²) in [5.74, 6) is 1.06. The number of rotatable bonds is 5. The zero-order valence-corrected chi connectivity index (χ0v) is 14.9. The number of para-hydroxylation sites is 1. The monoisotopic (exact) mass is 361 g/mol. The molecule has 1 aliphatic heterocycles. The average Bonchev–Trinajstić information content (AvgIpc) is 3.16. The van der Waals surface area contributed by atoms with Gasteiger partial charge in [-0.15, -0.1) is 0 Å². The minimum Gasteiger partial charge on any atom is -0.454 e. The van der Waals surface area contributed by atoms with E-state index in [1.165, 1.54) is 5.56 Å². The van der Waals surface area contributed by atoms with Gasteiger partial charge in [0.05, 0.1) is 17.4 Å². The van der Waals surface area contributed by atoms with E-state index in [1.54, 1.807) is 36.7 Å². The number of pyridine rings is 1. The minimum absolute atomic E-state index is 0.198. The van der Waals surface area contributed by atoms with Crippen molar-refractivity contribution in [1.29, 1.82) is 0 Å². The maximum atomic E-state index is 12.6. The van der Waals surface area contributed by atoms with Gasteiger partial charge in [-0.1, -0.05) is 25.1 Å². The molecular formula is C21H19N3O3. The van der Waals surface area contributed by atoms with Crippen molar-refractivity contribution in [3.63, 3.8) is 0 Å². The molecule has 136 valence electrons. The quantitative estimate of drug-likeness (QED) is 0.706. The lowest BCUT2D eigenvalue weighted by atomic mass is 10.1. The van der Waals surface area contributed by atoms with Gasteiger partial charge in [-0.25, -0.2) is 0 Å². The van der Waals surface area contributed by atoms with Crippen LogP contribution in [0.2, 0.25) is 0 Å². The third kappa shape index (κ3) is 3.69. The molecule has 1 amide bonds. The van der Waals surface area contributed by atoms with Gasteiger partial charge in [-0.3, -0.25) is 9.78 Å². The third-order valence-corrected chi connectivity index (χ3v) is 4.31. The Balaban J connectivity index is 1.51. The van der Waals surface area contributed by atoms with Gasteiger partial charge < -0.3 is 20.1 Å². The number of fused-ring (bicyclic) bond motifs is 1. The fraction of sp³-hybridized carbons (Fsp3) is 0.143. The number of benzene rings is 2. The van der Waals surface area contributed by atoms with Crippen molar-refractivity contribution in [3.05, 3.63) is 72.1 Å². The van der Waals surface area contributed by atoms with Crippen molar-refractivity contribution < 1.29 is 14.3 Å². The van der Waals surface area contributed by atoms with Crippen molar-refractivity contribution in [1.82, 2.24) is 4.98 Å². The van der Waals surface area contributed by atoms with E-state index in [0.717, 1.165) is 17.8 Å². The van der Waals surface area contributed by atoms with Crippen LogP contribution in [0.25, 0.3) is 0 Å². The Morgan fingerprint density at radius 1 is 1.04 bits per heavy atom. The molecule has 6 nitrogen and oxygen atoms in total. The van der Waals surface area contributed by atoms with Crippen LogP contribution in [-0.4, -0.2) is 17.7 Å². The van der Waals surface area contributed by atoms with Crippen molar-refractivity contribution >= 4 is 23.0 Å². The molecule has 2 aromatic carbocycles. The normalized spacial score (nSPS) is 11.9. The summed E-state index contributed by atoms with van der Waals surface area (Å²) < 4.78 is 10.6. The first-order valence-corrected chi connectivity index (χ1v) is 8.74. The van der Waals surface area contributed by atoms with Crippen LogP contribution in [-0.2, 0) is 6.42 Å². The molecule has 4 rings (SSSR count). The molecule has 0 bridgehead atoms. The second-order valence-electron chi connectivity index (χ2n) is 6.12. The van der Waals surface area contributed by atoms with Crippen LogP contribution in [0.3, 0.4) is 0 Å². The van der Waals surface area contributed by atoms with E-state index in [1.807, 2.05) is 18.2 Å². The van der Waals surface area contributed by atoms with Gasteiger partial charge >= 0.3 is 0 Å². The van der Waals surface area contributed by atoms with Gasteiger partial charge in [0, 0.05) is 23.6 Å². The second-order valence-corrected chi connectivity index (χ2v) is 6.12. The number of anilines is 3. The number of aryl methyl sites for hydroxylation is 1. The minimum atomic E-state index is -0.242. The van der Waals surface area contributed by atoms with Crippen LogP contribution in [0.5, 0.6) is 11.5 Å². The number of aromatic nitrogens is 1. The summed E-state index contributed by atoms with van der Waals surface area (Å²) >= 11 is 0. The van der Waals surface area contributed by atoms with Crippen LogP contribution in [0.1, 0.15) is 22.8 Å². The Bertz CT molecular complexity index is 988. The van der Waals surface area contributed by atoms with Crippen LogP contribution in [0.15, 0.2) is 60.9 Å². The Kier molecular flexibility index (Phi) is 4.61. The smallest absolute Gasteiger partial charge is 0.257 e. The van der Waals surface area contributed by atoms with E-state index in [0.29, 0.717) is 22.7 Å². The highest BCUT2D eigenvalue weighted by Gasteiger charge is 2.15. The van der Waals surface area contributed by atoms with Gasteiger partial charge in [0.25, 0.3) is 5.91 Å². The first-order valence-electron chi connectivity index (χ1n) is 8.74. The molecule has 0 unspecified atom stereocenters. The Hall–Kier alpha value is -3.54. The molecule has 1 aliphatic rings. The Morgan fingerprint density at radius 3 is 2.78 bits per heavy atom. The first-order chi connectivity index (χ1) is 13.2. The molecule has 0 saturated heterocycles. The van der Waals surface area contributed by atoms with E-state index >= 15 is 0 Å². The summed E-state index contributed by atoms with van der Waals surface area (Å²) in [6.45, 7) is 2.30. The van der Waals surface area contributed by atoms with Gasteiger partial charge in [-0.05, 0) is 36.2 Å². The molecular weight excluding hydrogens is 342 g/mol. The number of hydrogen-bond acceptors (Lipinski definition) is 5.